The Kier molecular flexibility index (Phi) is 5.44. The lowest BCUT2D eigenvalue weighted by Gasteiger charge is -2.32. The van der Waals surface area contributed by atoms with Gasteiger partial charge in [-0.3, -0.25) is 4.79 Å². The standard InChI is InChI=1S/C13H24N2O3/c1-4-11(5-2)14(3)13(18)15(9-12(16)17)8-10-6-7-10/h10-11H,4-9H2,1-3H3,(H,16,17). The average Bonchev–Trinajstić information content (AvgIpc) is 3.12. The van der Waals surface area contributed by atoms with Gasteiger partial charge in [-0.05, 0) is 31.6 Å². The zero-order valence-electron chi connectivity index (χ0n) is 11.6. The van der Waals surface area contributed by atoms with Crippen LogP contribution in [0.15, 0.2) is 0 Å². The first-order chi connectivity index (χ1) is 8.49. The number of urea groups is 1. The SMILES string of the molecule is CCC(CC)N(C)C(=O)N(CC(=O)O)CC1CC1. The number of carboxylic acids is 1. The van der Waals surface area contributed by atoms with E-state index in [9.17, 15) is 9.59 Å². The number of hydrogen-bond acceptors (Lipinski definition) is 2. The summed E-state index contributed by atoms with van der Waals surface area (Å²) in [7, 11) is 1.77. The number of rotatable bonds is 7. The van der Waals surface area contributed by atoms with Crippen molar-refractivity contribution in [1.82, 2.24) is 9.80 Å². The van der Waals surface area contributed by atoms with Gasteiger partial charge in [0.05, 0.1) is 0 Å². The fraction of sp³-hybridized carbons (Fsp3) is 0.846. The lowest BCUT2D eigenvalue weighted by molar-refractivity contribution is -0.137. The monoisotopic (exact) mass is 256 g/mol. The van der Waals surface area contributed by atoms with Gasteiger partial charge in [0.25, 0.3) is 0 Å². The lowest BCUT2D eigenvalue weighted by atomic mass is 10.1. The van der Waals surface area contributed by atoms with Crippen LogP contribution in [0, 0.1) is 5.92 Å². The highest BCUT2D eigenvalue weighted by Crippen LogP contribution is 2.30. The van der Waals surface area contributed by atoms with Crippen molar-refractivity contribution in [1.29, 1.82) is 0 Å². The molecule has 0 heterocycles. The Morgan fingerprint density at radius 2 is 1.83 bits per heavy atom. The summed E-state index contributed by atoms with van der Waals surface area (Å²) in [6, 6.07) is 0.0333. The Morgan fingerprint density at radius 1 is 1.28 bits per heavy atom. The summed E-state index contributed by atoms with van der Waals surface area (Å²) in [6.45, 7) is 4.47. The Morgan fingerprint density at radius 3 is 2.22 bits per heavy atom. The van der Waals surface area contributed by atoms with Crippen molar-refractivity contribution >= 4 is 12.0 Å². The van der Waals surface area contributed by atoms with Crippen LogP contribution in [-0.4, -0.2) is 53.1 Å². The van der Waals surface area contributed by atoms with Crippen molar-refractivity contribution in [3.8, 4) is 0 Å². The van der Waals surface area contributed by atoms with Gasteiger partial charge in [-0.25, -0.2) is 4.79 Å². The molecular weight excluding hydrogens is 232 g/mol. The second-order valence-corrected chi connectivity index (χ2v) is 5.08. The summed E-state index contributed by atoms with van der Waals surface area (Å²) >= 11 is 0. The molecular formula is C13H24N2O3. The van der Waals surface area contributed by atoms with E-state index in [4.69, 9.17) is 5.11 Å². The normalized spacial score (nSPS) is 14.7. The molecule has 0 aromatic carbocycles. The first-order valence-corrected chi connectivity index (χ1v) is 6.73. The molecule has 0 spiro atoms. The summed E-state index contributed by atoms with van der Waals surface area (Å²) in [5.41, 5.74) is 0. The number of carbonyl (C=O) groups is 2. The molecule has 0 bridgehead atoms. The maximum atomic E-state index is 12.3. The molecule has 1 aliphatic carbocycles. The molecule has 0 atom stereocenters. The van der Waals surface area contributed by atoms with E-state index in [-0.39, 0.29) is 18.6 Å². The minimum Gasteiger partial charge on any atom is -0.480 e. The maximum absolute atomic E-state index is 12.3. The van der Waals surface area contributed by atoms with Crippen molar-refractivity contribution in [3.05, 3.63) is 0 Å². The van der Waals surface area contributed by atoms with Crippen molar-refractivity contribution in [2.75, 3.05) is 20.1 Å². The first-order valence-electron chi connectivity index (χ1n) is 6.73. The largest absolute Gasteiger partial charge is 0.480 e. The first kappa shape index (κ1) is 14.8. The van der Waals surface area contributed by atoms with Gasteiger partial charge in [-0.1, -0.05) is 13.8 Å². The Labute approximate surface area is 109 Å². The van der Waals surface area contributed by atoms with E-state index in [0.717, 1.165) is 25.7 Å². The zero-order valence-corrected chi connectivity index (χ0v) is 11.6. The Bertz CT molecular complexity index is 299. The van der Waals surface area contributed by atoms with Crippen molar-refractivity contribution in [2.45, 2.75) is 45.6 Å². The molecule has 5 nitrogen and oxygen atoms in total. The van der Waals surface area contributed by atoms with Gasteiger partial charge < -0.3 is 14.9 Å². The summed E-state index contributed by atoms with van der Waals surface area (Å²) in [6.07, 6.45) is 4.00. The number of nitrogens with zero attached hydrogens (tertiary/aromatic N) is 2. The van der Waals surface area contributed by atoms with Gasteiger partial charge >= 0.3 is 12.0 Å². The molecule has 0 aliphatic heterocycles. The zero-order chi connectivity index (χ0) is 13.7. The number of amides is 2. The Balaban J connectivity index is 2.63. The molecule has 0 radical (unpaired) electrons. The molecule has 1 fully saturated rings. The maximum Gasteiger partial charge on any atom is 0.323 e. The minimum atomic E-state index is -0.943. The van der Waals surface area contributed by atoms with E-state index < -0.39 is 5.97 Å². The number of aliphatic carboxylic acids is 1. The van der Waals surface area contributed by atoms with E-state index in [2.05, 4.69) is 0 Å². The van der Waals surface area contributed by atoms with Gasteiger partial charge in [0.1, 0.15) is 6.54 Å². The highest BCUT2D eigenvalue weighted by molar-refractivity contribution is 5.80. The molecule has 104 valence electrons. The van der Waals surface area contributed by atoms with E-state index in [1.807, 2.05) is 13.8 Å². The number of hydrogen-bond donors (Lipinski definition) is 1. The van der Waals surface area contributed by atoms with Crippen LogP contribution >= 0.6 is 0 Å². The number of carboxylic acid groups (broad SMARTS) is 1. The molecule has 0 aromatic heterocycles. The third kappa shape index (κ3) is 4.20. The third-order valence-electron chi connectivity index (χ3n) is 3.56. The van der Waals surface area contributed by atoms with Crippen LogP contribution in [0.5, 0.6) is 0 Å². The van der Waals surface area contributed by atoms with Crippen molar-refractivity contribution < 1.29 is 14.7 Å². The molecule has 5 heteroatoms. The van der Waals surface area contributed by atoms with Crippen LogP contribution in [0.4, 0.5) is 4.79 Å². The molecule has 1 saturated carbocycles. The summed E-state index contributed by atoms with van der Waals surface area (Å²) in [5.74, 6) is -0.439. The van der Waals surface area contributed by atoms with Crippen LogP contribution in [0.2, 0.25) is 0 Å². The minimum absolute atomic E-state index is 0.155. The molecule has 1 N–H and O–H groups in total. The van der Waals surface area contributed by atoms with E-state index in [1.54, 1.807) is 11.9 Å². The molecule has 2 amide bonds. The van der Waals surface area contributed by atoms with Gasteiger partial charge in [0.2, 0.25) is 0 Å². The van der Waals surface area contributed by atoms with Gasteiger partial charge in [-0.15, -0.1) is 0 Å². The smallest absolute Gasteiger partial charge is 0.323 e. The average molecular weight is 256 g/mol. The highest BCUT2D eigenvalue weighted by atomic mass is 16.4. The highest BCUT2D eigenvalue weighted by Gasteiger charge is 2.30. The second-order valence-electron chi connectivity index (χ2n) is 5.08. The van der Waals surface area contributed by atoms with Crippen LogP contribution in [0.25, 0.3) is 0 Å². The Hall–Kier alpha value is -1.26. The number of carbonyl (C=O) groups excluding carboxylic acids is 1. The second kappa shape index (κ2) is 6.61. The van der Waals surface area contributed by atoms with E-state index in [1.165, 1.54) is 4.90 Å². The molecule has 1 aliphatic rings. The quantitative estimate of drug-likeness (QED) is 0.758. The lowest BCUT2D eigenvalue weighted by Crippen LogP contribution is -2.48. The summed E-state index contributed by atoms with van der Waals surface area (Å²) in [5, 5.41) is 8.89. The van der Waals surface area contributed by atoms with Crippen LogP contribution in [-0.2, 0) is 4.79 Å². The van der Waals surface area contributed by atoms with Crippen LogP contribution < -0.4 is 0 Å². The third-order valence-corrected chi connectivity index (χ3v) is 3.56. The van der Waals surface area contributed by atoms with Crippen molar-refractivity contribution in [2.24, 2.45) is 5.92 Å². The predicted molar refractivity (Wildman–Crippen MR) is 69.5 cm³/mol. The van der Waals surface area contributed by atoms with E-state index >= 15 is 0 Å². The van der Waals surface area contributed by atoms with Crippen LogP contribution in [0.3, 0.4) is 0 Å². The fourth-order valence-electron chi connectivity index (χ4n) is 2.20. The molecule has 0 unspecified atom stereocenters. The molecule has 0 saturated heterocycles. The summed E-state index contributed by atoms with van der Waals surface area (Å²) < 4.78 is 0. The van der Waals surface area contributed by atoms with Gasteiger partial charge in [0, 0.05) is 19.6 Å². The predicted octanol–water partition coefficient (Wildman–Crippen LogP) is 2.02. The molecule has 0 aromatic rings. The fourth-order valence-corrected chi connectivity index (χ4v) is 2.20. The molecule has 18 heavy (non-hydrogen) atoms. The summed E-state index contributed by atoms with van der Waals surface area (Å²) in [4.78, 5) is 26.3. The van der Waals surface area contributed by atoms with Gasteiger partial charge in [-0.2, -0.15) is 0 Å². The van der Waals surface area contributed by atoms with Crippen molar-refractivity contribution in [3.63, 3.8) is 0 Å². The van der Waals surface area contributed by atoms with Crippen LogP contribution in [0.1, 0.15) is 39.5 Å². The van der Waals surface area contributed by atoms with E-state index in [0.29, 0.717) is 12.5 Å². The topological polar surface area (TPSA) is 60.9 Å². The molecule has 1 rings (SSSR count). The van der Waals surface area contributed by atoms with Gasteiger partial charge in [0.15, 0.2) is 0 Å².